The van der Waals surface area contributed by atoms with Crippen molar-refractivity contribution in [1.82, 2.24) is 20.2 Å². The van der Waals surface area contributed by atoms with Crippen molar-refractivity contribution in [3.8, 4) is 0 Å². The number of aromatic amines is 1. The lowest BCUT2D eigenvalue weighted by Crippen LogP contribution is -2.39. The molecular weight excluding hydrogens is 292 g/mol. The van der Waals surface area contributed by atoms with Gasteiger partial charge in [0.05, 0.1) is 12.8 Å². The lowest BCUT2D eigenvalue weighted by Gasteiger charge is -2.19. The first-order chi connectivity index (χ1) is 9.90. The largest absolute Gasteiger partial charge is 0.381 e. The van der Waals surface area contributed by atoms with Crippen molar-refractivity contribution in [2.24, 2.45) is 5.92 Å². The van der Waals surface area contributed by atoms with E-state index in [0.29, 0.717) is 25.3 Å². The molecule has 2 unspecified atom stereocenters. The fraction of sp³-hybridized carbons (Fsp3) is 0.769. The Balaban J connectivity index is 2.06. The molecule has 0 aromatic carbocycles. The summed E-state index contributed by atoms with van der Waals surface area (Å²) in [5, 5.41) is 9.79. The van der Waals surface area contributed by atoms with Gasteiger partial charge >= 0.3 is 0 Å². The number of nitrogens with one attached hydrogen (secondary N) is 3. The molecule has 2 atom stereocenters. The van der Waals surface area contributed by atoms with Gasteiger partial charge in [0.15, 0.2) is 5.03 Å². The zero-order valence-corrected chi connectivity index (χ0v) is 13.5. The van der Waals surface area contributed by atoms with Gasteiger partial charge in [-0.2, -0.15) is 5.10 Å². The molecule has 2 rings (SSSR count). The molecule has 1 aliphatic rings. The second kappa shape index (κ2) is 6.87. The van der Waals surface area contributed by atoms with Gasteiger partial charge in [-0.3, -0.25) is 5.10 Å². The van der Waals surface area contributed by atoms with E-state index < -0.39 is 10.0 Å². The van der Waals surface area contributed by atoms with Crippen molar-refractivity contribution in [2.45, 2.75) is 50.8 Å². The van der Waals surface area contributed by atoms with Crippen LogP contribution in [0.2, 0.25) is 0 Å². The highest BCUT2D eigenvalue weighted by Gasteiger charge is 2.28. The molecule has 3 N–H and O–H groups in total. The third-order valence-corrected chi connectivity index (χ3v) is 5.23. The summed E-state index contributed by atoms with van der Waals surface area (Å²) >= 11 is 0. The van der Waals surface area contributed by atoms with Crippen molar-refractivity contribution < 1.29 is 13.2 Å². The molecule has 1 aromatic heterocycles. The van der Waals surface area contributed by atoms with Crippen LogP contribution in [-0.2, 0) is 21.3 Å². The van der Waals surface area contributed by atoms with Gasteiger partial charge in [0, 0.05) is 36.7 Å². The Morgan fingerprint density at radius 3 is 2.86 bits per heavy atom. The quantitative estimate of drug-likeness (QED) is 0.685. The van der Waals surface area contributed by atoms with E-state index in [4.69, 9.17) is 4.74 Å². The molecule has 0 amide bonds. The standard InChI is InChI=1S/C13H24N4O3S/c1-9(2)14-6-12-7-15-16-13(12)21(18,19)17-10(3)11-4-5-20-8-11/h7,9-11,14,17H,4-6,8H2,1-3H3,(H,15,16). The van der Waals surface area contributed by atoms with E-state index in [1.165, 1.54) is 0 Å². The summed E-state index contributed by atoms with van der Waals surface area (Å²) in [4.78, 5) is 0. The van der Waals surface area contributed by atoms with Gasteiger partial charge < -0.3 is 10.1 Å². The molecule has 1 aromatic rings. The Hall–Kier alpha value is -0.960. The lowest BCUT2D eigenvalue weighted by atomic mass is 10.0. The van der Waals surface area contributed by atoms with E-state index >= 15 is 0 Å². The van der Waals surface area contributed by atoms with Crippen molar-refractivity contribution in [1.29, 1.82) is 0 Å². The average Bonchev–Trinajstić information content (AvgIpc) is 3.07. The third kappa shape index (κ3) is 4.26. The number of H-pyrrole nitrogens is 1. The van der Waals surface area contributed by atoms with Crippen molar-refractivity contribution in [2.75, 3.05) is 13.2 Å². The number of sulfonamides is 1. The molecule has 7 nitrogen and oxygen atoms in total. The molecular formula is C13H24N4O3S. The van der Waals surface area contributed by atoms with E-state index in [-0.39, 0.29) is 23.0 Å². The Morgan fingerprint density at radius 2 is 2.24 bits per heavy atom. The van der Waals surface area contributed by atoms with E-state index in [1.807, 2.05) is 20.8 Å². The SMILES string of the molecule is CC(C)NCc1cn[nH]c1S(=O)(=O)NC(C)C1CCOC1. The summed E-state index contributed by atoms with van der Waals surface area (Å²) < 4.78 is 33.0. The Morgan fingerprint density at radius 1 is 1.48 bits per heavy atom. The van der Waals surface area contributed by atoms with E-state index in [1.54, 1.807) is 6.20 Å². The van der Waals surface area contributed by atoms with Gasteiger partial charge in [0.25, 0.3) is 10.0 Å². The minimum absolute atomic E-state index is 0.140. The molecule has 120 valence electrons. The van der Waals surface area contributed by atoms with Gasteiger partial charge in [-0.1, -0.05) is 13.8 Å². The van der Waals surface area contributed by atoms with Crippen LogP contribution in [0.3, 0.4) is 0 Å². The van der Waals surface area contributed by atoms with Crippen LogP contribution in [0.25, 0.3) is 0 Å². The molecule has 1 fully saturated rings. The summed E-state index contributed by atoms with van der Waals surface area (Å²) in [6.07, 6.45) is 2.43. The van der Waals surface area contributed by atoms with Crippen molar-refractivity contribution >= 4 is 10.0 Å². The fourth-order valence-electron chi connectivity index (χ4n) is 2.32. The number of nitrogens with zero attached hydrogens (tertiary/aromatic N) is 1. The summed E-state index contributed by atoms with van der Waals surface area (Å²) in [7, 11) is -3.60. The number of aromatic nitrogens is 2. The van der Waals surface area contributed by atoms with Crippen LogP contribution in [0.15, 0.2) is 11.2 Å². The first-order valence-electron chi connectivity index (χ1n) is 7.26. The van der Waals surface area contributed by atoms with Crippen LogP contribution in [0.4, 0.5) is 0 Å². The molecule has 0 spiro atoms. The highest BCUT2D eigenvalue weighted by atomic mass is 32.2. The minimum Gasteiger partial charge on any atom is -0.381 e. The first kappa shape index (κ1) is 16.4. The molecule has 0 saturated carbocycles. The lowest BCUT2D eigenvalue weighted by molar-refractivity contribution is 0.180. The predicted molar refractivity (Wildman–Crippen MR) is 79.3 cm³/mol. The normalized spacial score (nSPS) is 21.0. The maximum Gasteiger partial charge on any atom is 0.258 e. The van der Waals surface area contributed by atoms with Gasteiger partial charge in [0.1, 0.15) is 0 Å². The smallest absolute Gasteiger partial charge is 0.258 e. The maximum atomic E-state index is 12.5. The van der Waals surface area contributed by atoms with E-state index in [0.717, 1.165) is 6.42 Å². The topological polar surface area (TPSA) is 96.1 Å². The monoisotopic (exact) mass is 316 g/mol. The van der Waals surface area contributed by atoms with Crippen LogP contribution in [0.1, 0.15) is 32.8 Å². The van der Waals surface area contributed by atoms with Gasteiger partial charge in [0.2, 0.25) is 0 Å². The van der Waals surface area contributed by atoms with Crippen LogP contribution in [-0.4, -0.2) is 43.9 Å². The third-order valence-electron chi connectivity index (χ3n) is 3.66. The molecule has 2 heterocycles. The van der Waals surface area contributed by atoms with Crippen molar-refractivity contribution in [3.05, 3.63) is 11.8 Å². The summed E-state index contributed by atoms with van der Waals surface area (Å²) in [6, 6.07) is 0.115. The maximum absolute atomic E-state index is 12.5. The number of ether oxygens (including phenoxy) is 1. The second-order valence-electron chi connectivity index (χ2n) is 5.79. The average molecular weight is 316 g/mol. The number of hydrogen-bond donors (Lipinski definition) is 3. The van der Waals surface area contributed by atoms with E-state index in [9.17, 15) is 8.42 Å². The predicted octanol–water partition coefficient (Wildman–Crippen LogP) is 0.611. The molecule has 1 aliphatic heterocycles. The number of rotatable bonds is 7. The van der Waals surface area contributed by atoms with Crippen LogP contribution >= 0.6 is 0 Å². The van der Waals surface area contributed by atoms with Crippen LogP contribution in [0, 0.1) is 5.92 Å². The molecule has 0 bridgehead atoms. The Labute approximate surface area is 125 Å². The van der Waals surface area contributed by atoms with Gasteiger partial charge in [-0.05, 0) is 13.3 Å². The van der Waals surface area contributed by atoms with Gasteiger partial charge in [-0.15, -0.1) is 0 Å². The molecule has 21 heavy (non-hydrogen) atoms. The zero-order chi connectivity index (χ0) is 15.5. The summed E-state index contributed by atoms with van der Waals surface area (Å²) in [5.41, 5.74) is 0.645. The highest BCUT2D eigenvalue weighted by molar-refractivity contribution is 7.89. The second-order valence-corrected chi connectivity index (χ2v) is 7.44. The zero-order valence-electron chi connectivity index (χ0n) is 12.7. The molecule has 0 radical (unpaired) electrons. The van der Waals surface area contributed by atoms with Crippen molar-refractivity contribution in [3.63, 3.8) is 0 Å². The summed E-state index contributed by atoms with van der Waals surface area (Å²) in [6.45, 7) is 7.66. The number of hydrogen-bond acceptors (Lipinski definition) is 5. The van der Waals surface area contributed by atoms with Crippen LogP contribution < -0.4 is 10.0 Å². The Bertz CT molecular complexity index is 550. The highest BCUT2D eigenvalue weighted by Crippen LogP contribution is 2.19. The van der Waals surface area contributed by atoms with Gasteiger partial charge in [-0.25, -0.2) is 13.1 Å². The molecule has 0 aliphatic carbocycles. The molecule has 8 heteroatoms. The Kier molecular flexibility index (Phi) is 5.37. The van der Waals surface area contributed by atoms with Crippen LogP contribution in [0.5, 0.6) is 0 Å². The summed E-state index contributed by atoms with van der Waals surface area (Å²) in [5.74, 6) is 0.222. The minimum atomic E-state index is -3.60. The molecule has 1 saturated heterocycles. The fourth-order valence-corrected chi connectivity index (χ4v) is 3.76. The first-order valence-corrected chi connectivity index (χ1v) is 8.74. The van der Waals surface area contributed by atoms with E-state index in [2.05, 4.69) is 20.2 Å².